The fourth-order valence-corrected chi connectivity index (χ4v) is 3.18. The molecule has 1 saturated carbocycles. The van der Waals surface area contributed by atoms with Crippen LogP contribution in [0.1, 0.15) is 12.8 Å². The van der Waals surface area contributed by atoms with E-state index >= 15 is 0 Å². The van der Waals surface area contributed by atoms with E-state index in [4.69, 9.17) is 17.3 Å². The topological polar surface area (TPSA) is 93.7 Å². The van der Waals surface area contributed by atoms with Crippen molar-refractivity contribution in [2.24, 2.45) is 0 Å². The lowest BCUT2D eigenvalue weighted by atomic mass is 9.86. The van der Waals surface area contributed by atoms with Crippen LogP contribution in [0.15, 0.2) is 30.6 Å². The summed E-state index contributed by atoms with van der Waals surface area (Å²) in [6.45, 7) is 0. The Morgan fingerprint density at radius 1 is 1.00 bits per heavy atom. The predicted octanol–water partition coefficient (Wildman–Crippen LogP) is 3.78. The molecule has 2 aromatic heterocycles. The quantitative estimate of drug-likeness (QED) is 0.636. The van der Waals surface area contributed by atoms with E-state index in [1.165, 1.54) is 17.3 Å². The lowest BCUT2D eigenvalue weighted by molar-refractivity contribution is -0.0840. The van der Waals surface area contributed by atoms with Gasteiger partial charge in [-0.25, -0.2) is 22.5 Å². The minimum Gasteiger partial charge on any atom is -0.368 e. The van der Waals surface area contributed by atoms with E-state index in [1.54, 1.807) is 0 Å². The molecule has 0 aliphatic heterocycles. The highest BCUT2D eigenvalue weighted by molar-refractivity contribution is 6.29. The smallest absolute Gasteiger partial charge is 0.252 e. The summed E-state index contributed by atoms with van der Waals surface area (Å²) in [6.07, 6.45) is 1.55. The van der Waals surface area contributed by atoms with Crippen LogP contribution in [-0.2, 0) is 0 Å². The molecule has 3 aromatic rings. The first-order valence-corrected chi connectivity index (χ1v) is 8.71. The van der Waals surface area contributed by atoms with E-state index < -0.39 is 36.4 Å². The zero-order chi connectivity index (χ0) is 20.8. The maximum absolute atomic E-state index is 13.8. The molecule has 2 N–H and O–H groups in total. The van der Waals surface area contributed by atoms with Gasteiger partial charge in [0, 0.05) is 30.6 Å². The fourth-order valence-electron chi connectivity index (χ4n) is 3.03. The number of nitrogens with two attached hydrogens (primary N) is 1. The number of nitrogens with zero attached hydrogens (tertiary/aromatic N) is 6. The Labute approximate surface area is 166 Å². The van der Waals surface area contributed by atoms with Crippen LogP contribution in [0.4, 0.5) is 35.1 Å². The zero-order valence-corrected chi connectivity index (χ0v) is 15.3. The van der Waals surface area contributed by atoms with Gasteiger partial charge in [0.1, 0.15) is 22.5 Å². The van der Waals surface area contributed by atoms with Gasteiger partial charge in [-0.15, -0.1) is 0 Å². The van der Waals surface area contributed by atoms with Crippen LogP contribution in [0.2, 0.25) is 5.15 Å². The van der Waals surface area contributed by atoms with Crippen LogP contribution in [0, 0.1) is 11.6 Å². The van der Waals surface area contributed by atoms with Crippen molar-refractivity contribution >= 4 is 29.2 Å². The van der Waals surface area contributed by atoms with E-state index in [0.29, 0.717) is 6.07 Å². The highest BCUT2D eigenvalue weighted by Gasteiger charge is 2.49. The van der Waals surface area contributed by atoms with Crippen molar-refractivity contribution < 1.29 is 17.6 Å². The lowest BCUT2D eigenvalue weighted by Gasteiger charge is -2.42. The third-order valence-electron chi connectivity index (χ3n) is 4.25. The molecule has 29 heavy (non-hydrogen) atoms. The predicted molar refractivity (Wildman–Crippen MR) is 96.7 cm³/mol. The molecule has 0 radical (unpaired) electrons. The van der Waals surface area contributed by atoms with Gasteiger partial charge >= 0.3 is 0 Å². The van der Waals surface area contributed by atoms with E-state index in [1.807, 2.05) is 0 Å². The second-order valence-electron chi connectivity index (χ2n) is 6.46. The van der Waals surface area contributed by atoms with Crippen molar-refractivity contribution in [1.29, 1.82) is 0 Å². The molecule has 1 aliphatic carbocycles. The molecule has 7 nitrogen and oxygen atoms in total. The minimum atomic E-state index is -2.89. The van der Waals surface area contributed by atoms with Crippen LogP contribution in [0.3, 0.4) is 0 Å². The molecule has 12 heteroatoms. The molecule has 2 heterocycles. The van der Waals surface area contributed by atoms with Gasteiger partial charge in [0.15, 0.2) is 5.82 Å². The van der Waals surface area contributed by atoms with Gasteiger partial charge in [0.05, 0.1) is 12.4 Å². The number of nitrogen functional groups attached to an aromatic ring is 1. The van der Waals surface area contributed by atoms with E-state index in [-0.39, 0.29) is 34.3 Å². The van der Waals surface area contributed by atoms with Crippen LogP contribution in [0.5, 0.6) is 0 Å². The second kappa shape index (κ2) is 7.07. The molecule has 150 valence electrons. The number of hydrogen-bond donors (Lipinski definition) is 1. The summed E-state index contributed by atoms with van der Waals surface area (Å²) in [5.74, 6) is -5.05. The van der Waals surface area contributed by atoms with Gasteiger partial charge in [-0.1, -0.05) is 11.6 Å². The van der Waals surface area contributed by atoms with E-state index in [0.717, 1.165) is 12.1 Å². The first-order valence-electron chi connectivity index (χ1n) is 8.33. The molecule has 1 fully saturated rings. The lowest BCUT2D eigenvalue weighted by Crippen LogP contribution is -2.49. The number of halogens is 5. The van der Waals surface area contributed by atoms with Gasteiger partial charge in [-0.2, -0.15) is 15.0 Å². The van der Waals surface area contributed by atoms with Crippen LogP contribution < -0.4 is 10.6 Å². The maximum atomic E-state index is 13.8. The van der Waals surface area contributed by atoms with E-state index in [2.05, 4.69) is 24.9 Å². The SMILES string of the molecule is Nc1nc(-c2cncc(Cl)n2)nc(N(c2cc(F)cc(F)c2)C2CC(F)(F)C2)n1. The number of hydrogen-bond acceptors (Lipinski definition) is 7. The molecule has 0 saturated heterocycles. The molecule has 1 aliphatic rings. The fraction of sp³-hybridized carbons (Fsp3) is 0.235. The van der Waals surface area contributed by atoms with Crippen molar-refractivity contribution in [2.45, 2.75) is 24.8 Å². The molecule has 0 amide bonds. The number of rotatable bonds is 4. The average Bonchev–Trinajstić information content (AvgIpc) is 2.59. The first kappa shape index (κ1) is 19.2. The van der Waals surface area contributed by atoms with Crippen molar-refractivity contribution in [3.05, 3.63) is 47.4 Å². The molecule has 0 unspecified atom stereocenters. The summed E-state index contributed by atoms with van der Waals surface area (Å²) in [6, 6.07) is 1.87. The monoisotopic (exact) mass is 425 g/mol. The standard InChI is InChI=1S/C17H12ClF4N7/c18-13-7-24-6-12(25-13)14-26-15(23)28-16(27-14)29(11-4-17(21,22)5-11)10-2-8(19)1-9(20)3-10/h1-3,6-7,11H,4-5H2,(H2,23,26,27,28). The third-order valence-corrected chi connectivity index (χ3v) is 4.43. The van der Waals surface area contributed by atoms with E-state index in [9.17, 15) is 17.6 Å². The number of benzene rings is 1. The second-order valence-corrected chi connectivity index (χ2v) is 6.85. The largest absolute Gasteiger partial charge is 0.368 e. The van der Waals surface area contributed by atoms with Crippen molar-refractivity contribution in [1.82, 2.24) is 24.9 Å². The molecule has 4 rings (SSSR count). The van der Waals surface area contributed by atoms with Gasteiger partial charge in [0.25, 0.3) is 5.92 Å². The first-order chi connectivity index (χ1) is 13.7. The average molecular weight is 426 g/mol. The van der Waals surface area contributed by atoms with Crippen LogP contribution in [0.25, 0.3) is 11.5 Å². The summed E-state index contributed by atoms with van der Waals surface area (Å²) < 4.78 is 54.6. The van der Waals surface area contributed by atoms with Gasteiger partial charge in [0.2, 0.25) is 11.9 Å². The van der Waals surface area contributed by atoms with Crippen molar-refractivity contribution in [3.8, 4) is 11.5 Å². The molecule has 1 aromatic carbocycles. The third kappa shape index (κ3) is 4.04. The van der Waals surface area contributed by atoms with Crippen molar-refractivity contribution in [3.63, 3.8) is 0 Å². The Kier molecular flexibility index (Phi) is 4.69. The molecular weight excluding hydrogens is 414 g/mol. The number of alkyl halides is 2. The summed E-state index contributed by atoms with van der Waals surface area (Å²) in [7, 11) is 0. The number of aromatic nitrogens is 5. The summed E-state index contributed by atoms with van der Waals surface area (Å²) in [5, 5.41) is 0.0747. The minimum absolute atomic E-state index is 0.0181. The molecule has 0 bridgehead atoms. The molecule has 0 atom stereocenters. The van der Waals surface area contributed by atoms with Crippen molar-refractivity contribution in [2.75, 3.05) is 10.6 Å². The number of anilines is 3. The zero-order valence-electron chi connectivity index (χ0n) is 14.5. The highest BCUT2D eigenvalue weighted by Crippen LogP contribution is 2.44. The Hall–Kier alpha value is -3.08. The Balaban J connectivity index is 1.82. The normalized spacial score (nSPS) is 15.8. The highest BCUT2D eigenvalue weighted by atomic mass is 35.5. The van der Waals surface area contributed by atoms with Gasteiger partial charge < -0.3 is 10.6 Å². The summed E-state index contributed by atoms with van der Waals surface area (Å²) >= 11 is 5.83. The molecular formula is C17H12ClF4N7. The summed E-state index contributed by atoms with van der Waals surface area (Å²) in [5.41, 5.74) is 5.89. The maximum Gasteiger partial charge on any atom is 0.252 e. The van der Waals surface area contributed by atoms with Gasteiger partial charge in [-0.3, -0.25) is 4.98 Å². The Bertz CT molecular complexity index is 1050. The van der Waals surface area contributed by atoms with Crippen LogP contribution >= 0.6 is 11.6 Å². The molecule has 0 spiro atoms. The van der Waals surface area contributed by atoms with Crippen LogP contribution in [-0.4, -0.2) is 36.9 Å². The summed E-state index contributed by atoms with van der Waals surface area (Å²) in [4.78, 5) is 21.3. The Morgan fingerprint density at radius 2 is 1.69 bits per heavy atom. The van der Waals surface area contributed by atoms with Gasteiger partial charge in [-0.05, 0) is 12.1 Å². The Morgan fingerprint density at radius 3 is 2.31 bits per heavy atom.